The van der Waals surface area contributed by atoms with Crippen molar-refractivity contribution in [1.29, 1.82) is 0 Å². The second-order valence-electron chi connectivity index (χ2n) is 7.90. The molecule has 0 radical (unpaired) electrons. The van der Waals surface area contributed by atoms with Gasteiger partial charge in [-0.15, -0.1) is 0 Å². The van der Waals surface area contributed by atoms with Gasteiger partial charge in [0.2, 0.25) is 15.7 Å². The number of pyridine rings is 1. The predicted octanol–water partition coefficient (Wildman–Crippen LogP) is 4.37. The van der Waals surface area contributed by atoms with E-state index in [0.717, 1.165) is 35.1 Å². The van der Waals surface area contributed by atoms with Crippen LogP contribution in [0.25, 0.3) is 15.9 Å². The average molecular weight is 424 g/mol. The van der Waals surface area contributed by atoms with E-state index in [0.29, 0.717) is 22.9 Å². The number of H-pyrrole nitrogens is 1. The van der Waals surface area contributed by atoms with Crippen LogP contribution in [-0.2, 0) is 10.0 Å². The van der Waals surface area contributed by atoms with Gasteiger partial charge >= 0.3 is 0 Å². The van der Waals surface area contributed by atoms with Gasteiger partial charge in [-0.25, -0.2) is 18.0 Å². The van der Waals surface area contributed by atoms with E-state index in [1.54, 1.807) is 30.6 Å². The second-order valence-corrected chi connectivity index (χ2v) is 9.61. The summed E-state index contributed by atoms with van der Waals surface area (Å²) in [5.41, 5.74) is 2.88. The van der Waals surface area contributed by atoms with Gasteiger partial charge in [0.1, 0.15) is 5.65 Å². The van der Waals surface area contributed by atoms with E-state index in [-0.39, 0.29) is 12.1 Å². The van der Waals surface area contributed by atoms with Crippen LogP contribution in [0.4, 0.5) is 11.4 Å². The molecule has 3 atom stereocenters. The molecule has 4 rings (SSSR count). The van der Waals surface area contributed by atoms with Gasteiger partial charge in [-0.05, 0) is 49.4 Å². The monoisotopic (exact) mass is 423 g/mol. The highest BCUT2D eigenvalue weighted by Gasteiger charge is 2.36. The van der Waals surface area contributed by atoms with Crippen molar-refractivity contribution in [2.45, 2.75) is 50.1 Å². The predicted molar refractivity (Wildman–Crippen MR) is 118 cm³/mol. The van der Waals surface area contributed by atoms with Gasteiger partial charge in [-0.3, -0.25) is 4.98 Å². The summed E-state index contributed by atoms with van der Waals surface area (Å²) in [5.74, 6) is 0.302. The third-order valence-electron chi connectivity index (χ3n) is 5.86. The van der Waals surface area contributed by atoms with Gasteiger partial charge in [-0.2, -0.15) is 0 Å². The quantitative estimate of drug-likeness (QED) is 0.514. The first-order valence-electron chi connectivity index (χ1n) is 10.1. The minimum Gasteiger partial charge on any atom is -0.390 e. The fourth-order valence-electron chi connectivity index (χ4n) is 4.34. The van der Waals surface area contributed by atoms with E-state index in [2.05, 4.69) is 31.8 Å². The van der Waals surface area contributed by atoms with Crippen molar-refractivity contribution in [3.63, 3.8) is 0 Å². The molecule has 1 unspecified atom stereocenters. The van der Waals surface area contributed by atoms with Crippen molar-refractivity contribution in [1.82, 2.24) is 14.7 Å². The van der Waals surface area contributed by atoms with Crippen LogP contribution in [0.15, 0.2) is 47.6 Å². The maximum absolute atomic E-state index is 12.9. The second kappa shape index (κ2) is 8.09. The number of fused-ring (bicyclic) bond motifs is 1. The van der Waals surface area contributed by atoms with Crippen molar-refractivity contribution in [2.75, 3.05) is 5.32 Å². The van der Waals surface area contributed by atoms with E-state index in [9.17, 15) is 8.42 Å². The molecule has 0 spiro atoms. The first-order valence-corrected chi connectivity index (χ1v) is 11.6. The fraction of sp³-hybridized carbons (Fsp3) is 0.364. The van der Waals surface area contributed by atoms with E-state index in [1.807, 2.05) is 19.1 Å². The highest BCUT2D eigenvalue weighted by Crippen LogP contribution is 2.37. The molecule has 1 aliphatic carbocycles. The van der Waals surface area contributed by atoms with Crippen molar-refractivity contribution >= 4 is 32.4 Å². The number of aromatic nitrogens is 2. The smallest absolute Gasteiger partial charge is 0.240 e. The molecule has 8 heteroatoms. The molecular formula is C22H25N5O2S. The number of hydrogen-bond donors (Lipinski definition) is 3. The zero-order valence-electron chi connectivity index (χ0n) is 17.0. The van der Waals surface area contributed by atoms with Crippen LogP contribution >= 0.6 is 0 Å². The summed E-state index contributed by atoms with van der Waals surface area (Å²) in [5, 5.41) is 4.42. The molecule has 30 heavy (non-hydrogen) atoms. The molecule has 3 aromatic rings. The molecule has 1 saturated carbocycles. The zero-order chi connectivity index (χ0) is 21.3. The SMILES string of the molecule is [C-]#[N+]c1cnc2[nH]ccc2c1N[C@H]1CC(NS(=O)(=O)c2cccc(C)c2)C[C@H]1CC. The minimum absolute atomic E-state index is 0.0706. The van der Waals surface area contributed by atoms with E-state index in [4.69, 9.17) is 6.57 Å². The summed E-state index contributed by atoms with van der Waals surface area (Å²) in [6, 6.07) is 8.78. The molecule has 1 aliphatic rings. The molecule has 156 valence electrons. The first kappa shape index (κ1) is 20.4. The number of nitrogens with one attached hydrogen (secondary N) is 3. The lowest BCUT2D eigenvalue weighted by Crippen LogP contribution is -2.34. The van der Waals surface area contributed by atoms with E-state index < -0.39 is 10.0 Å². The standard InChI is InChI=1S/C22H25N5O2S/c1-4-15-11-16(27-30(28,29)17-7-5-6-14(2)10-17)12-19(15)26-21-18-8-9-24-22(18)25-13-20(21)23-3/h5-10,13,15-16,19,27H,4,11-12H2,1-2H3,(H2,24,25,26)/t15-,16?,19+/m1/s1. The molecule has 0 aliphatic heterocycles. The van der Waals surface area contributed by atoms with Gasteiger partial charge in [0.25, 0.3) is 0 Å². The Kier molecular flexibility index (Phi) is 5.50. The Morgan fingerprint density at radius 3 is 2.87 bits per heavy atom. The van der Waals surface area contributed by atoms with Gasteiger partial charge in [-0.1, -0.05) is 25.5 Å². The Hall–Kier alpha value is -2.89. The third kappa shape index (κ3) is 3.91. The summed E-state index contributed by atoms with van der Waals surface area (Å²) in [4.78, 5) is 11.3. The maximum Gasteiger partial charge on any atom is 0.240 e. The van der Waals surface area contributed by atoms with Crippen LogP contribution in [0.1, 0.15) is 31.7 Å². The lowest BCUT2D eigenvalue weighted by atomic mass is 10.00. The molecule has 3 N–H and O–H groups in total. The molecule has 2 aromatic heterocycles. The number of rotatable bonds is 6. The van der Waals surface area contributed by atoms with Crippen LogP contribution in [0, 0.1) is 19.4 Å². The van der Waals surface area contributed by atoms with Gasteiger partial charge in [0.05, 0.1) is 17.2 Å². The minimum atomic E-state index is -3.57. The summed E-state index contributed by atoms with van der Waals surface area (Å²) >= 11 is 0. The van der Waals surface area contributed by atoms with Crippen molar-refractivity contribution in [3.05, 3.63) is 59.7 Å². The van der Waals surface area contributed by atoms with E-state index >= 15 is 0 Å². The number of aromatic amines is 1. The van der Waals surface area contributed by atoms with Crippen LogP contribution < -0.4 is 10.0 Å². The van der Waals surface area contributed by atoms with Crippen molar-refractivity contribution in [2.24, 2.45) is 5.92 Å². The number of aryl methyl sites for hydroxylation is 1. The highest BCUT2D eigenvalue weighted by molar-refractivity contribution is 7.89. The lowest BCUT2D eigenvalue weighted by Gasteiger charge is -2.22. The summed E-state index contributed by atoms with van der Waals surface area (Å²) in [6.07, 6.45) is 5.72. The Balaban J connectivity index is 1.56. The summed E-state index contributed by atoms with van der Waals surface area (Å²) in [6.45, 7) is 11.5. The molecular weight excluding hydrogens is 398 g/mol. The molecule has 0 saturated heterocycles. The summed E-state index contributed by atoms with van der Waals surface area (Å²) < 4.78 is 28.6. The third-order valence-corrected chi connectivity index (χ3v) is 7.38. The molecule has 0 bridgehead atoms. The number of sulfonamides is 1. The van der Waals surface area contributed by atoms with Crippen molar-refractivity contribution in [3.8, 4) is 0 Å². The normalized spacial score (nSPS) is 21.6. The van der Waals surface area contributed by atoms with Crippen LogP contribution in [0.5, 0.6) is 0 Å². The Morgan fingerprint density at radius 1 is 1.30 bits per heavy atom. The number of nitrogens with zero attached hydrogens (tertiary/aromatic N) is 2. The van der Waals surface area contributed by atoms with Gasteiger partial charge in [0.15, 0.2) is 0 Å². The van der Waals surface area contributed by atoms with Gasteiger partial charge in [0, 0.05) is 29.9 Å². The Morgan fingerprint density at radius 2 is 2.13 bits per heavy atom. The molecule has 0 amide bonds. The fourth-order valence-corrected chi connectivity index (χ4v) is 5.70. The zero-order valence-corrected chi connectivity index (χ0v) is 17.8. The average Bonchev–Trinajstić information content (AvgIpc) is 3.34. The highest BCUT2D eigenvalue weighted by atomic mass is 32.2. The largest absolute Gasteiger partial charge is 0.390 e. The van der Waals surface area contributed by atoms with Crippen LogP contribution in [0.3, 0.4) is 0 Å². The number of hydrogen-bond acceptors (Lipinski definition) is 4. The number of benzene rings is 1. The topological polar surface area (TPSA) is 91.2 Å². The lowest BCUT2D eigenvalue weighted by molar-refractivity contribution is 0.480. The number of anilines is 1. The molecule has 1 aromatic carbocycles. The molecule has 7 nitrogen and oxygen atoms in total. The summed E-state index contributed by atoms with van der Waals surface area (Å²) in [7, 11) is -3.57. The Labute approximate surface area is 176 Å². The van der Waals surface area contributed by atoms with E-state index in [1.165, 1.54) is 0 Å². The maximum atomic E-state index is 12.9. The van der Waals surface area contributed by atoms with Gasteiger partial charge < -0.3 is 10.3 Å². The molecule has 2 heterocycles. The first-order chi connectivity index (χ1) is 14.4. The Bertz CT molecular complexity index is 1210. The van der Waals surface area contributed by atoms with Crippen molar-refractivity contribution < 1.29 is 8.42 Å². The van der Waals surface area contributed by atoms with Crippen LogP contribution in [-0.4, -0.2) is 30.5 Å². The molecule has 1 fully saturated rings. The van der Waals surface area contributed by atoms with Crippen LogP contribution in [0.2, 0.25) is 0 Å².